The molecule has 0 bridgehead atoms. The van der Waals surface area contributed by atoms with Crippen molar-refractivity contribution >= 4 is 34.4 Å². The van der Waals surface area contributed by atoms with Crippen LogP contribution in [0.1, 0.15) is 28.6 Å². The number of fused-ring (bicyclic) bond motifs is 1. The Morgan fingerprint density at radius 3 is 2.39 bits per heavy atom. The number of para-hydroxylation sites is 1. The molecule has 1 N–H and O–H groups in total. The topological polar surface area (TPSA) is 68.5 Å². The third-order valence-corrected chi connectivity index (χ3v) is 4.70. The zero-order valence-corrected chi connectivity index (χ0v) is 17.0. The number of carbonyl (C=O) groups excluding carboxylic acids is 2. The van der Waals surface area contributed by atoms with Crippen LogP contribution in [0, 0.1) is 0 Å². The van der Waals surface area contributed by atoms with Crippen molar-refractivity contribution in [2.24, 2.45) is 0 Å². The second-order valence-corrected chi connectivity index (χ2v) is 6.82. The van der Waals surface area contributed by atoms with Gasteiger partial charge in [0.25, 0.3) is 0 Å². The average Bonchev–Trinajstić information content (AvgIpc) is 3.17. The summed E-state index contributed by atoms with van der Waals surface area (Å²) in [6.07, 6.45) is 3.15. The molecule has 1 heterocycles. The SMILES string of the molecule is CCOc1ccc(C(=O)c2oc3ccccc3c2NC(=O)/C=C/c2ccccc2)cc1. The van der Waals surface area contributed by atoms with Gasteiger partial charge in [-0.3, -0.25) is 9.59 Å². The Hall–Kier alpha value is -4.12. The van der Waals surface area contributed by atoms with Gasteiger partial charge in [-0.2, -0.15) is 0 Å². The van der Waals surface area contributed by atoms with Gasteiger partial charge in [-0.25, -0.2) is 0 Å². The van der Waals surface area contributed by atoms with Gasteiger partial charge in [0.2, 0.25) is 11.7 Å². The molecule has 0 saturated carbocycles. The highest BCUT2D eigenvalue weighted by molar-refractivity contribution is 6.18. The molecule has 154 valence electrons. The molecule has 4 rings (SSSR count). The lowest BCUT2D eigenvalue weighted by molar-refractivity contribution is -0.111. The molecule has 0 atom stereocenters. The van der Waals surface area contributed by atoms with E-state index in [1.165, 1.54) is 6.08 Å². The molecule has 0 unspecified atom stereocenters. The fourth-order valence-electron chi connectivity index (χ4n) is 3.23. The fraction of sp³-hybridized carbons (Fsp3) is 0.0769. The molecule has 0 aliphatic carbocycles. The molecule has 0 aliphatic heterocycles. The van der Waals surface area contributed by atoms with Crippen molar-refractivity contribution in [1.29, 1.82) is 0 Å². The van der Waals surface area contributed by atoms with Crippen molar-refractivity contribution in [2.45, 2.75) is 6.92 Å². The summed E-state index contributed by atoms with van der Waals surface area (Å²) in [6, 6.07) is 23.6. The van der Waals surface area contributed by atoms with Gasteiger partial charge in [-0.05, 0) is 55.0 Å². The quantitative estimate of drug-likeness (QED) is 0.312. The molecular weight excluding hydrogens is 390 g/mol. The third kappa shape index (κ3) is 4.56. The molecule has 4 aromatic rings. The van der Waals surface area contributed by atoms with Crippen LogP contribution in [0.25, 0.3) is 17.0 Å². The maximum absolute atomic E-state index is 13.2. The van der Waals surface area contributed by atoms with E-state index in [1.54, 1.807) is 36.4 Å². The van der Waals surface area contributed by atoms with Gasteiger partial charge in [0.1, 0.15) is 11.3 Å². The molecule has 5 nitrogen and oxygen atoms in total. The van der Waals surface area contributed by atoms with Crippen molar-refractivity contribution in [3.8, 4) is 5.75 Å². The Labute approximate surface area is 180 Å². The highest BCUT2D eigenvalue weighted by Gasteiger charge is 2.23. The van der Waals surface area contributed by atoms with Gasteiger partial charge in [0, 0.05) is 17.0 Å². The first-order chi connectivity index (χ1) is 15.2. The number of rotatable bonds is 7. The summed E-state index contributed by atoms with van der Waals surface area (Å²) in [5, 5.41) is 3.49. The van der Waals surface area contributed by atoms with Gasteiger partial charge in [0.15, 0.2) is 5.76 Å². The van der Waals surface area contributed by atoms with Crippen LogP contribution < -0.4 is 10.1 Å². The largest absolute Gasteiger partial charge is 0.494 e. The van der Waals surface area contributed by atoms with Crippen LogP contribution in [0.5, 0.6) is 5.75 Å². The molecule has 0 aliphatic rings. The first kappa shape index (κ1) is 20.2. The molecule has 1 aromatic heterocycles. The Balaban J connectivity index is 1.65. The van der Waals surface area contributed by atoms with E-state index >= 15 is 0 Å². The number of carbonyl (C=O) groups is 2. The Morgan fingerprint density at radius 1 is 0.935 bits per heavy atom. The summed E-state index contributed by atoms with van der Waals surface area (Å²) in [6.45, 7) is 2.44. The summed E-state index contributed by atoms with van der Waals surface area (Å²) in [5.41, 5.74) is 2.23. The van der Waals surface area contributed by atoms with Crippen LogP contribution >= 0.6 is 0 Å². The maximum atomic E-state index is 13.2. The second-order valence-electron chi connectivity index (χ2n) is 6.82. The summed E-state index contributed by atoms with van der Waals surface area (Å²) >= 11 is 0. The highest BCUT2D eigenvalue weighted by Crippen LogP contribution is 2.32. The predicted molar refractivity (Wildman–Crippen MR) is 121 cm³/mol. The summed E-state index contributed by atoms with van der Waals surface area (Å²) in [7, 11) is 0. The number of ether oxygens (including phenoxy) is 1. The van der Waals surface area contributed by atoms with Crippen LogP contribution in [-0.4, -0.2) is 18.3 Å². The Morgan fingerprint density at radius 2 is 1.65 bits per heavy atom. The third-order valence-electron chi connectivity index (χ3n) is 4.70. The van der Waals surface area contributed by atoms with E-state index < -0.39 is 0 Å². The molecular formula is C26H21NO4. The first-order valence-corrected chi connectivity index (χ1v) is 9.99. The fourth-order valence-corrected chi connectivity index (χ4v) is 3.23. The molecule has 0 spiro atoms. The number of hydrogen-bond acceptors (Lipinski definition) is 4. The lowest BCUT2D eigenvalue weighted by Crippen LogP contribution is -2.11. The lowest BCUT2D eigenvalue weighted by Gasteiger charge is -2.06. The average molecular weight is 411 g/mol. The van der Waals surface area contributed by atoms with Gasteiger partial charge in [0.05, 0.1) is 12.3 Å². The van der Waals surface area contributed by atoms with Crippen LogP contribution in [0.4, 0.5) is 5.69 Å². The van der Waals surface area contributed by atoms with Crippen LogP contribution in [0.3, 0.4) is 0 Å². The number of hydrogen-bond donors (Lipinski definition) is 1. The monoisotopic (exact) mass is 411 g/mol. The minimum Gasteiger partial charge on any atom is -0.494 e. The zero-order chi connectivity index (χ0) is 21.6. The normalized spacial score (nSPS) is 11.0. The van der Waals surface area contributed by atoms with Crippen molar-refractivity contribution in [3.63, 3.8) is 0 Å². The van der Waals surface area contributed by atoms with Crippen LogP contribution in [0.15, 0.2) is 89.4 Å². The van der Waals surface area contributed by atoms with Crippen LogP contribution in [-0.2, 0) is 4.79 Å². The lowest BCUT2D eigenvalue weighted by atomic mass is 10.1. The number of amides is 1. The Bertz CT molecular complexity index is 1240. The van der Waals surface area contributed by atoms with E-state index in [0.717, 1.165) is 5.56 Å². The molecule has 31 heavy (non-hydrogen) atoms. The molecule has 1 amide bonds. The number of furan rings is 1. The van der Waals surface area contributed by atoms with E-state index in [2.05, 4.69) is 5.32 Å². The smallest absolute Gasteiger partial charge is 0.248 e. The summed E-state index contributed by atoms with van der Waals surface area (Å²) < 4.78 is 11.3. The molecule has 5 heteroatoms. The summed E-state index contributed by atoms with van der Waals surface area (Å²) in [4.78, 5) is 25.8. The molecule has 0 saturated heterocycles. The Kier molecular flexibility index (Phi) is 5.94. The van der Waals surface area contributed by atoms with E-state index in [0.29, 0.717) is 34.6 Å². The minimum atomic E-state index is -0.351. The van der Waals surface area contributed by atoms with E-state index in [-0.39, 0.29) is 17.5 Å². The van der Waals surface area contributed by atoms with Gasteiger partial charge in [-0.15, -0.1) is 0 Å². The van der Waals surface area contributed by atoms with Crippen molar-refractivity contribution in [2.75, 3.05) is 11.9 Å². The molecule has 3 aromatic carbocycles. The highest BCUT2D eigenvalue weighted by atomic mass is 16.5. The number of nitrogens with one attached hydrogen (secondary N) is 1. The number of ketones is 1. The van der Waals surface area contributed by atoms with Crippen molar-refractivity contribution < 1.29 is 18.7 Å². The number of anilines is 1. The maximum Gasteiger partial charge on any atom is 0.248 e. The van der Waals surface area contributed by atoms with Crippen LogP contribution in [0.2, 0.25) is 0 Å². The van der Waals surface area contributed by atoms with Crippen molar-refractivity contribution in [3.05, 3.63) is 102 Å². The standard InChI is InChI=1S/C26H21NO4/c1-2-30-20-15-13-19(14-16-20)25(29)26-24(21-10-6-7-11-22(21)31-26)27-23(28)17-12-18-8-4-3-5-9-18/h3-17H,2H2,1H3,(H,27,28)/b17-12+. The number of benzene rings is 3. The van der Waals surface area contributed by atoms with Gasteiger partial charge < -0.3 is 14.5 Å². The molecule has 0 radical (unpaired) electrons. The van der Waals surface area contributed by atoms with E-state index in [4.69, 9.17) is 9.15 Å². The predicted octanol–water partition coefficient (Wildman–Crippen LogP) is 5.71. The molecule has 0 fully saturated rings. The summed E-state index contributed by atoms with van der Waals surface area (Å²) in [5.74, 6) is 0.104. The van der Waals surface area contributed by atoms with Gasteiger partial charge in [-0.1, -0.05) is 42.5 Å². The van der Waals surface area contributed by atoms with Gasteiger partial charge >= 0.3 is 0 Å². The van der Waals surface area contributed by atoms with Crippen molar-refractivity contribution in [1.82, 2.24) is 0 Å². The van der Waals surface area contributed by atoms with E-state index in [9.17, 15) is 9.59 Å². The van der Waals surface area contributed by atoms with E-state index in [1.807, 2.05) is 55.5 Å². The minimum absolute atomic E-state index is 0.0896. The first-order valence-electron chi connectivity index (χ1n) is 9.99. The second kappa shape index (κ2) is 9.13. The zero-order valence-electron chi connectivity index (χ0n) is 17.0.